The summed E-state index contributed by atoms with van der Waals surface area (Å²) >= 11 is 0. The summed E-state index contributed by atoms with van der Waals surface area (Å²) in [5, 5.41) is 8.98. The molecule has 1 saturated heterocycles. The Kier molecular flexibility index (Phi) is 4.93. The Morgan fingerprint density at radius 3 is 2.71 bits per heavy atom. The van der Waals surface area contributed by atoms with E-state index in [4.69, 9.17) is 11.0 Å². The van der Waals surface area contributed by atoms with Crippen LogP contribution in [0.5, 0.6) is 0 Å². The maximum Gasteiger partial charge on any atom is 0.102 e. The van der Waals surface area contributed by atoms with Gasteiger partial charge in [0, 0.05) is 31.7 Å². The fourth-order valence-corrected chi connectivity index (χ4v) is 2.60. The molecule has 1 aliphatic rings. The smallest absolute Gasteiger partial charge is 0.102 e. The largest absolute Gasteiger partial charge is 0.314 e. The predicted octanol–water partition coefficient (Wildman–Crippen LogP) is 1.03. The minimum atomic E-state index is -0.704. The van der Waals surface area contributed by atoms with E-state index in [1.807, 2.05) is 6.92 Å². The topological polar surface area (TPSA) is 56.3 Å². The van der Waals surface area contributed by atoms with Crippen LogP contribution in [0.25, 0.3) is 0 Å². The number of piperazine rings is 1. The summed E-state index contributed by atoms with van der Waals surface area (Å²) in [6, 6.07) is 3.20. The van der Waals surface area contributed by atoms with E-state index in [2.05, 4.69) is 36.8 Å². The summed E-state index contributed by atoms with van der Waals surface area (Å²) in [6.45, 7) is 9.51. The number of nitrogens with zero attached hydrogens (tertiary/aromatic N) is 3. The van der Waals surface area contributed by atoms with E-state index in [0.29, 0.717) is 12.1 Å². The van der Waals surface area contributed by atoms with Crippen molar-refractivity contribution in [2.24, 2.45) is 5.73 Å². The highest BCUT2D eigenvalue weighted by molar-refractivity contribution is 5.03. The normalized spacial score (nSPS) is 28.4. The van der Waals surface area contributed by atoms with Crippen LogP contribution in [0.4, 0.5) is 0 Å². The van der Waals surface area contributed by atoms with Crippen LogP contribution in [0.15, 0.2) is 0 Å². The van der Waals surface area contributed by atoms with Gasteiger partial charge in [-0.25, -0.2) is 0 Å². The second kappa shape index (κ2) is 5.81. The number of nitrogens with two attached hydrogens (primary N) is 1. The zero-order valence-corrected chi connectivity index (χ0v) is 11.6. The highest BCUT2D eigenvalue weighted by atomic mass is 15.3. The molecule has 1 heterocycles. The highest BCUT2D eigenvalue weighted by Gasteiger charge is 2.29. The van der Waals surface area contributed by atoms with E-state index < -0.39 is 5.54 Å². The van der Waals surface area contributed by atoms with Gasteiger partial charge in [-0.05, 0) is 33.7 Å². The first-order valence-electron chi connectivity index (χ1n) is 6.54. The number of likely N-dealkylation sites (N-methyl/N-ethyl adjacent to an activating group) is 1. The summed E-state index contributed by atoms with van der Waals surface area (Å²) in [7, 11) is 2.19. The first-order chi connectivity index (χ1) is 7.89. The summed E-state index contributed by atoms with van der Waals surface area (Å²) in [5.74, 6) is 0. The van der Waals surface area contributed by atoms with Crippen LogP contribution in [0.3, 0.4) is 0 Å². The maximum atomic E-state index is 8.98. The second-order valence-corrected chi connectivity index (χ2v) is 5.62. The Morgan fingerprint density at radius 2 is 2.18 bits per heavy atom. The van der Waals surface area contributed by atoms with Gasteiger partial charge in [0.2, 0.25) is 0 Å². The van der Waals surface area contributed by atoms with Crippen LogP contribution in [-0.2, 0) is 0 Å². The van der Waals surface area contributed by atoms with E-state index in [9.17, 15) is 0 Å². The van der Waals surface area contributed by atoms with E-state index in [1.165, 1.54) is 6.42 Å². The van der Waals surface area contributed by atoms with Gasteiger partial charge in [0.15, 0.2) is 0 Å². The zero-order valence-electron chi connectivity index (χ0n) is 11.6. The van der Waals surface area contributed by atoms with E-state index in [-0.39, 0.29) is 0 Å². The Hall–Kier alpha value is -0.630. The molecule has 0 spiro atoms. The third kappa shape index (κ3) is 3.95. The van der Waals surface area contributed by atoms with Crippen LogP contribution >= 0.6 is 0 Å². The molecule has 0 amide bonds. The van der Waals surface area contributed by atoms with Crippen molar-refractivity contribution in [3.8, 4) is 6.07 Å². The molecule has 1 aliphatic heterocycles. The lowest BCUT2D eigenvalue weighted by Gasteiger charge is -2.42. The molecule has 4 nitrogen and oxygen atoms in total. The SMILES string of the molecule is CCC1CN(C(C)CC(C)(N)C#N)CCN1C. The van der Waals surface area contributed by atoms with E-state index in [1.54, 1.807) is 0 Å². The lowest BCUT2D eigenvalue weighted by atomic mass is 9.95. The van der Waals surface area contributed by atoms with Crippen LogP contribution in [0.2, 0.25) is 0 Å². The monoisotopic (exact) mass is 238 g/mol. The fourth-order valence-electron chi connectivity index (χ4n) is 2.60. The van der Waals surface area contributed by atoms with Gasteiger partial charge in [-0.3, -0.25) is 4.90 Å². The number of rotatable bonds is 4. The van der Waals surface area contributed by atoms with Gasteiger partial charge in [0.05, 0.1) is 6.07 Å². The molecule has 4 heteroatoms. The van der Waals surface area contributed by atoms with Gasteiger partial charge in [0.1, 0.15) is 5.54 Å². The first kappa shape index (κ1) is 14.4. The Morgan fingerprint density at radius 1 is 1.53 bits per heavy atom. The van der Waals surface area contributed by atoms with Crippen molar-refractivity contribution in [3.05, 3.63) is 0 Å². The summed E-state index contributed by atoms with van der Waals surface area (Å²) < 4.78 is 0. The Balaban J connectivity index is 2.54. The molecule has 0 aromatic rings. The molecule has 0 aromatic carbocycles. The third-order valence-corrected chi connectivity index (χ3v) is 3.88. The van der Waals surface area contributed by atoms with Crippen molar-refractivity contribution in [2.75, 3.05) is 26.7 Å². The van der Waals surface area contributed by atoms with Gasteiger partial charge >= 0.3 is 0 Å². The molecular weight excluding hydrogens is 212 g/mol. The molecule has 1 fully saturated rings. The van der Waals surface area contributed by atoms with Crippen molar-refractivity contribution < 1.29 is 0 Å². The Bertz CT molecular complexity index is 282. The quantitative estimate of drug-likeness (QED) is 0.795. The first-order valence-corrected chi connectivity index (χ1v) is 6.54. The second-order valence-electron chi connectivity index (χ2n) is 5.62. The van der Waals surface area contributed by atoms with Crippen molar-refractivity contribution in [1.29, 1.82) is 5.26 Å². The number of nitriles is 1. The molecule has 0 bridgehead atoms. The average Bonchev–Trinajstić information content (AvgIpc) is 2.29. The van der Waals surface area contributed by atoms with Gasteiger partial charge in [-0.2, -0.15) is 5.26 Å². The molecule has 98 valence electrons. The molecule has 0 saturated carbocycles. The van der Waals surface area contributed by atoms with Crippen molar-refractivity contribution in [2.45, 2.75) is 51.2 Å². The predicted molar refractivity (Wildman–Crippen MR) is 70.6 cm³/mol. The van der Waals surface area contributed by atoms with Gasteiger partial charge in [-0.1, -0.05) is 6.92 Å². The highest BCUT2D eigenvalue weighted by Crippen LogP contribution is 2.18. The molecular formula is C13H26N4. The standard InChI is InChI=1S/C13H26N4/c1-5-12-9-17(7-6-16(12)4)11(2)8-13(3,15)10-14/h11-12H,5-9,15H2,1-4H3. The summed E-state index contributed by atoms with van der Waals surface area (Å²) in [5.41, 5.74) is 5.22. The molecule has 3 atom stereocenters. The minimum Gasteiger partial charge on any atom is -0.314 e. The average molecular weight is 238 g/mol. The molecule has 2 N–H and O–H groups in total. The summed E-state index contributed by atoms with van der Waals surface area (Å²) in [6.07, 6.45) is 1.92. The molecule has 17 heavy (non-hydrogen) atoms. The van der Waals surface area contributed by atoms with Crippen molar-refractivity contribution in [1.82, 2.24) is 9.80 Å². The molecule has 1 rings (SSSR count). The molecule has 0 aliphatic carbocycles. The van der Waals surface area contributed by atoms with Crippen molar-refractivity contribution >= 4 is 0 Å². The minimum absolute atomic E-state index is 0.382. The molecule has 0 aromatic heterocycles. The van der Waals surface area contributed by atoms with Gasteiger partial charge in [-0.15, -0.1) is 0 Å². The summed E-state index contributed by atoms with van der Waals surface area (Å²) in [4.78, 5) is 4.89. The Labute approximate surface area is 105 Å². The van der Waals surface area contributed by atoms with E-state index >= 15 is 0 Å². The lowest BCUT2D eigenvalue weighted by molar-refractivity contribution is 0.0609. The number of hydrogen-bond donors (Lipinski definition) is 1. The number of hydrogen-bond acceptors (Lipinski definition) is 4. The fraction of sp³-hybridized carbons (Fsp3) is 0.923. The van der Waals surface area contributed by atoms with Crippen LogP contribution < -0.4 is 5.73 Å². The molecule has 3 unspecified atom stereocenters. The van der Waals surface area contributed by atoms with Crippen LogP contribution in [0, 0.1) is 11.3 Å². The maximum absolute atomic E-state index is 8.98. The van der Waals surface area contributed by atoms with Gasteiger partial charge in [0.25, 0.3) is 0 Å². The van der Waals surface area contributed by atoms with Gasteiger partial charge < -0.3 is 10.6 Å². The van der Waals surface area contributed by atoms with Crippen molar-refractivity contribution in [3.63, 3.8) is 0 Å². The molecule has 0 radical (unpaired) electrons. The van der Waals surface area contributed by atoms with Crippen LogP contribution in [0.1, 0.15) is 33.6 Å². The third-order valence-electron chi connectivity index (χ3n) is 3.88. The zero-order chi connectivity index (χ0) is 13.1. The van der Waals surface area contributed by atoms with Crippen LogP contribution in [-0.4, -0.2) is 54.1 Å². The van der Waals surface area contributed by atoms with E-state index in [0.717, 1.165) is 26.1 Å². The lowest BCUT2D eigenvalue weighted by Crippen LogP contribution is -2.55.